The molecule has 1 aromatic carbocycles. The topological polar surface area (TPSA) is 53.2 Å². The minimum Gasteiger partial charge on any atom is -0.387 e. The molecule has 1 heterocycles. The fourth-order valence-corrected chi connectivity index (χ4v) is 3.08. The van der Waals surface area contributed by atoms with Crippen LogP contribution in [0.1, 0.15) is 41.2 Å². The van der Waals surface area contributed by atoms with Gasteiger partial charge in [0.25, 0.3) is 0 Å². The van der Waals surface area contributed by atoms with Crippen LogP contribution in [0.25, 0.3) is 0 Å². The maximum Gasteiger partial charge on any atom is 0.111 e. The summed E-state index contributed by atoms with van der Waals surface area (Å²) in [6.45, 7) is 7.03. The number of benzene rings is 1. The highest BCUT2D eigenvalue weighted by atomic mass is 16.5. The molecule has 0 saturated carbocycles. The second-order valence-electron chi connectivity index (χ2n) is 5.64. The van der Waals surface area contributed by atoms with Gasteiger partial charge >= 0.3 is 0 Å². The number of ether oxygens (including phenoxy) is 1. The number of aliphatic hydroxyl groups is 1. The zero-order valence-electron chi connectivity index (χ0n) is 11.9. The summed E-state index contributed by atoms with van der Waals surface area (Å²) < 4.78 is 5.44. The molecule has 3 nitrogen and oxygen atoms in total. The third-order valence-electron chi connectivity index (χ3n) is 4.03. The van der Waals surface area contributed by atoms with Gasteiger partial charge < -0.3 is 9.84 Å². The number of hydrogen-bond donors (Lipinski definition) is 1. The molecule has 0 aromatic heterocycles. The third-order valence-corrected chi connectivity index (χ3v) is 4.03. The number of aliphatic hydroxyl groups excluding tert-OH is 1. The van der Waals surface area contributed by atoms with Crippen LogP contribution in [0.2, 0.25) is 0 Å². The van der Waals surface area contributed by atoms with Crippen LogP contribution in [0.15, 0.2) is 12.1 Å². The number of aryl methyl sites for hydroxylation is 3. The molecule has 1 aliphatic heterocycles. The molecule has 0 aliphatic carbocycles. The van der Waals surface area contributed by atoms with E-state index in [1.807, 2.05) is 20.8 Å². The van der Waals surface area contributed by atoms with Crippen LogP contribution in [0, 0.1) is 37.5 Å². The Hall–Kier alpha value is -1.37. The fourth-order valence-electron chi connectivity index (χ4n) is 3.08. The van der Waals surface area contributed by atoms with Gasteiger partial charge in [0.1, 0.15) is 11.5 Å². The average Bonchev–Trinajstić information content (AvgIpc) is 2.38. The van der Waals surface area contributed by atoms with Crippen LogP contribution >= 0.6 is 0 Å². The monoisotopic (exact) mass is 259 g/mol. The van der Waals surface area contributed by atoms with E-state index in [0.717, 1.165) is 23.1 Å². The van der Waals surface area contributed by atoms with Crippen molar-refractivity contribution in [3.05, 3.63) is 34.4 Å². The molecule has 19 heavy (non-hydrogen) atoms. The van der Waals surface area contributed by atoms with Crippen molar-refractivity contribution in [2.24, 2.45) is 5.41 Å². The van der Waals surface area contributed by atoms with Crippen molar-refractivity contribution in [1.29, 1.82) is 5.26 Å². The second kappa shape index (κ2) is 5.32. The highest BCUT2D eigenvalue weighted by Gasteiger charge is 2.42. The van der Waals surface area contributed by atoms with E-state index in [4.69, 9.17) is 4.74 Å². The summed E-state index contributed by atoms with van der Waals surface area (Å²) in [7, 11) is 0. The molecule has 0 radical (unpaired) electrons. The van der Waals surface area contributed by atoms with Crippen molar-refractivity contribution in [2.45, 2.75) is 39.7 Å². The SMILES string of the molecule is Cc1cc(C)c(C(O)C2(C#N)CCCOC2)c(C)c1. The molecule has 102 valence electrons. The molecule has 1 aromatic rings. The lowest BCUT2D eigenvalue weighted by atomic mass is 9.74. The summed E-state index contributed by atoms with van der Waals surface area (Å²) >= 11 is 0. The molecule has 2 rings (SSSR count). The molecule has 1 N–H and O–H groups in total. The molecule has 3 heteroatoms. The Morgan fingerprint density at radius 1 is 1.32 bits per heavy atom. The van der Waals surface area contributed by atoms with Crippen molar-refractivity contribution >= 4 is 0 Å². The van der Waals surface area contributed by atoms with Gasteiger partial charge in [-0.1, -0.05) is 17.7 Å². The highest BCUT2D eigenvalue weighted by molar-refractivity contribution is 5.40. The van der Waals surface area contributed by atoms with Crippen LogP contribution < -0.4 is 0 Å². The van der Waals surface area contributed by atoms with Gasteiger partial charge in [-0.25, -0.2) is 0 Å². The highest BCUT2D eigenvalue weighted by Crippen LogP contribution is 2.42. The summed E-state index contributed by atoms with van der Waals surface area (Å²) in [5.74, 6) is 0. The van der Waals surface area contributed by atoms with E-state index in [-0.39, 0.29) is 0 Å². The van der Waals surface area contributed by atoms with Gasteiger partial charge in [-0.05, 0) is 50.3 Å². The Morgan fingerprint density at radius 3 is 2.42 bits per heavy atom. The minimum atomic E-state index is -0.803. The number of rotatable bonds is 2. The van der Waals surface area contributed by atoms with E-state index in [1.54, 1.807) is 0 Å². The van der Waals surface area contributed by atoms with Crippen molar-refractivity contribution < 1.29 is 9.84 Å². The lowest BCUT2D eigenvalue weighted by Crippen LogP contribution is -2.37. The molecule has 1 saturated heterocycles. The Kier molecular flexibility index (Phi) is 3.93. The zero-order valence-corrected chi connectivity index (χ0v) is 11.9. The summed E-state index contributed by atoms with van der Waals surface area (Å²) in [6, 6.07) is 6.42. The maximum absolute atomic E-state index is 10.7. The van der Waals surface area contributed by atoms with E-state index in [1.165, 1.54) is 5.56 Å². The quantitative estimate of drug-likeness (QED) is 0.888. The predicted octanol–water partition coefficient (Wildman–Crippen LogP) is 2.97. The predicted molar refractivity (Wildman–Crippen MR) is 73.7 cm³/mol. The second-order valence-corrected chi connectivity index (χ2v) is 5.64. The lowest BCUT2D eigenvalue weighted by Gasteiger charge is -2.36. The third kappa shape index (κ3) is 2.51. The van der Waals surface area contributed by atoms with Crippen molar-refractivity contribution in [2.75, 3.05) is 13.2 Å². The standard InChI is InChI=1S/C16H21NO2/c1-11-7-12(2)14(13(3)8-11)15(18)16(9-17)5-4-6-19-10-16/h7-8,15,18H,4-6,10H2,1-3H3. The van der Waals surface area contributed by atoms with Crippen LogP contribution in [0.3, 0.4) is 0 Å². The summed E-state index contributed by atoms with van der Waals surface area (Å²) in [5.41, 5.74) is 3.35. The number of nitriles is 1. The summed E-state index contributed by atoms with van der Waals surface area (Å²) in [6.07, 6.45) is 0.741. The van der Waals surface area contributed by atoms with E-state index >= 15 is 0 Å². The van der Waals surface area contributed by atoms with Gasteiger partial charge in [0.15, 0.2) is 0 Å². The first-order valence-corrected chi connectivity index (χ1v) is 6.75. The molecular weight excluding hydrogens is 238 g/mol. The van der Waals surface area contributed by atoms with E-state index in [0.29, 0.717) is 19.6 Å². The first kappa shape index (κ1) is 14.0. The Morgan fingerprint density at radius 2 is 1.95 bits per heavy atom. The van der Waals surface area contributed by atoms with Crippen molar-refractivity contribution in [3.8, 4) is 6.07 Å². The van der Waals surface area contributed by atoms with Gasteiger partial charge in [0.2, 0.25) is 0 Å². The largest absolute Gasteiger partial charge is 0.387 e. The fraction of sp³-hybridized carbons (Fsp3) is 0.562. The van der Waals surface area contributed by atoms with Crippen LogP contribution in [0.5, 0.6) is 0 Å². The van der Waals surface area contributed by atoms with Crippen LogP contribution in [-0.2, 0) is 4.74 Å². The molecule has 1 fully saturated rings. The maximum atomic E-state index is 10.7. The Bertz CT molecular complexity index is 487. The van der Waals surface area contributed by atoms with Gasteiger partial charge in [0, 0.05) is 6.61 Å². The average molecular weight is 259 g/mol. The first-order chi connectivity index (χ1) is 9.00. The molecular formula is C16H21NO2. The van der Waals surface area contributed by atoms with E-state index in [9.17, 15) is 10.4 Å². The lowest BCUT2D eigenvalue weighted by molar-refractivity contribution is -0.0510. The first-order valence-electron chi connectivity index (χ1n) is 6.75. The smallest absolute Gasteiger partial charge is 0.111 e. The van der Waals surface area contributed by atoms with E-state index < -0.39 is 11.5 Å². The van der Waals surface area contributed by atoms with Gasteiger partial charge in [-0.3, -0.25) is 0 Å². The summed E-state index contributed by atoms with van der Waals surface area (Å²) in [4.78, 5) is 0. The Balaban J connectivity index is 2.43. The minimum absolute atomic E-state index is 0.317. The number of nitrogens with zero attached hydrogens (tertiary/aromatic N) is 1. The zero-order chi connectivity index (χ0) is 14.0. The van der Waals surface area contributed by atoms with Gasteiger partial charge in [-0.2, -0.15) is 5.26 Å². The van der Waals surface area contributed by atoms with Crippen LogP contribution in [0.4, 0.5) is 0 Å². The molecule has 2 unspecified atom stereocenters. The normalized spacial score (nSPS) is 24.8. The Labute approximate surface area is 114 Å². The summed E-state index contributed by atoms with van der Waals surface area (Å²) in [5, 5.41) is 20.3. The molecule has 2 atom stereocenters. The van der Waals surface area contributed by atoms with Crippen LogP contribution in [-0.4, -0.2) is 18.3 Å². The van der Waals surface area contributed by atoms with E-state index in [2.05, 4.69) is 18.2 Å². The number of hydrogen-bond acceptors (Lipinski definition) is 3. The van der Waals surface area contributed by atoms with Crippen molar-refractivity contribution in [3.63, 3.8) is 0 Å². The van der Waals surface area contributed by atoms with Gasteiger partial charge in [-0.15, -0.1) is 0 Å². The molecule has 0 spiro atoms. The molecule has 0 bridgehead atoms. The molecule has 0 amide bonds. The molecule has 1 aliphatic rings. The van der Waals surface area contributed by atoms with Gasteiger partial charge in [0.05, 0.1) is 12.7 Å². The van der Waals surface area contributed by atoms with Crippen molar-refractivity contribution in [1.82, 2.24) is 0 Å².